The number of aromatic nitrogens is 2. The lowest BCUT2D eigenvalue weighted by Crippen LogP contribution is -2.60. The van der Waals surface area contributed by atoms with Crippen LogP contribution in [0, 0.1) is 0 Å². The first-order valence-corrected chi connectivity index (χ1v) is 17.9. The third-order valence-electron chi connectivity index (χ3n) is 8.44. The summed E-state index contributed by atoms with van der Waals surface area (Å²) >= 11 is 0. The van der Waals surface area contributed by atoms with Crippen LogP contribution in [0.1, 0.15) is 67.0 Å². The smallest absolute Gasteiger partial charge is 0.444 e. The molecule has 20 heteroatoms. The molecule has 17 nitrogen and oxygen atoms in total. The molecule has 0 saturated carbocycles. The Labute approximate surface area is 321 Å². The summed E-state index contributed by atoms with van der Waals surface area (Å²) < 4.78 is 58.2. The fourth-order valence-electron chi connectivity index (χ4n) is 5.85. The summed E-state index contributed by atoms with van der Waals surface area (Å²) in [7, 11) is 0. The van der Waals surface area contributed by atoms with Crippen LogP contribution in [-0.2, 0) is 23.8 Å². The zero-order valence-electron chi connectivity index (χ0n) is 32.6. The number of piperazine rings is 1. The fourth-order valence-corrected chi connectivity index (χ4v) is 5.85. The third kappa shape index (κ3) is 11.8. The third-order valence-corrected chi connectivity index (χ3v) is 8.44. The summed E-state index contributed by atoms with van der Waals surface area (Å²) in [4.78, 5) is 83.5. The van der Waals surface area contributed by atoms with Gasteiger partial charge in [0.15, 0.2) is 0 Å². The number of carbonyl (C=O) groups excluding carboxylic acids is 5. The molecule has 2 fully saturated rings. The van der Waals surface area contributed by atoms with E-state index in [1.165, 1.54) is 46.3 Å². The number of nitrogens with zero attached hydrogens (tertiary/aromatic N) is 5. The number of ether oxygens (including phenoxy) is 3. The molecule has 0 radical (unpaired) electrons. The molecule has 0 bridgehead atoms. The highest BCUT2D eigenvalue weighted by molar-refractivity contribution is 5.90. The maximum atomic E-state index is 13.6. The Hall–Kier alpha value is -5.40. The molecule has 56 heavy (non-hydrogen) atoms. The van der Waals surface area contributed by atoms with E-state index in [1.54, 1.807) is 55.4 Å². The van der Waals surface area contributed by atoms with Crippen molar-refractivity contribution in [3.8, 4) is 5.69 Å². The van der Waals surface area contributed by atoms with Crippen LogP contribution in [0.4, 0.5) is 33.4 Å². The molecule has 0 spiro atoms. The van der Waals surface area contributed by atoms with Gasteiger partial charge in [0.05, 0.1) is 24.4 Å². The van der Waals surface area contributed by atoms with Crippen LogP contribution < -0.4 is 21.6 Å². The molecule has 2 aromatic rings. The van der Waals surface area contributed by atoms with Crippen molar-refractivity contribution in [2.24, 2.45) is 0 Å². The molecule has 2 aliphatic rings. The summed E-state index contributed by atoms with van der Waals surface area (Å²) in [6.07, 6.45) is -6.25. The number of urea groups is 1. The number of benzene rings is 1. The molecule has 3 heterocycles. The van der Waals surface area contributed by atoms with E-state index in [9.17, 15) is 41.9 Å². The minimum absolute atomic E-state index is 0.0366. The molecule has 2 aliphatic heterocycles. The molecular weight excluding hydrogens is 745 g/mol. The lowest BCUT2D eigenvalue weighted by molar-refractivity contribution is -0.196. The predicted molar refractivity (Wildman–Crippen MR) is 195 cm³/mol. The topological polar surface area (TPSA) is 194 Å². The quantitative estimate of drug-likeness (QED) is 0.373. The average molecular weight is 795 g/mol. The number of alkyl carbamates (subject to hydrolysis) is 2. The maximum Gasteiger partial charge on any atom is 0.471 e. The fraction of sp³-hybridized carbons (Fsp3) is 0.583. The number of carbonyl (C=O) groups is 5. The van der Waals surface area contributed by atoms with Crippen molar-refractivity contribution < 1.29 is 51.4 Å². The van der Waals surface area contributed by atoms with Gasteiger partial charge in [0, 0.05) is 45.5 Å². The van der Waals surface area contributed by atoms with E-state index < -0.39 is 71.4 Å². The highest BCUT2D eigenvalue weighted by Gasteiger charge is 2.47. The summed E-state index contributed by atoms with van der Waals surface area (Å²) in [6, 6.07) is 5.57. The summed E-state index contributed by atoms with van der Waals surface area (Å²) in [5, 5.41) is 7.60. The second kappa shape index (κ2) is 16.8. The lowest BCUT2D eigenvalue weighted by atomic mass is 10.0. The molecule has 3 N–H and O–H groups in total. The number of hydrogen-bond acceptors (Lipinski definition) is 10. The SMILES string of the molecule is CC(C)(C)OC(=O)NCC1CN(C(=O)C(F)(F)F)C(c2ccc(-n3ccc(NC(=O)N4CCN(C(=O)C(C)(C)NC(=O)OC(C)(C)C)CC4)nc3=O)cc2)CO1. The summed E-state index contributed by atoms with van der Waals surface area (Å²) in [6.45, 7) is 13.0. The monoisotopic (exact) mass is 794 g/mol. The van der Waals surface area contributed by atoms with Crippen LogP contribution >= 0.6 is 0 Å². The molecule has 6 amide bonds. The number of hydrogen-bond donors (Lipinski definition) is 3. The van der Waals surface area contributed by atoms with Crippen LogP contribution in [-0.4, -0.2) is 129 Å². The molecule has 0 aliphatic carbocycles. The van der Waals surface area contributed by atoms with E-state index in [0.29, 0.717) is 16.2 Å². The van der Waals surface area contributed by atoms with Gasteiger partial charge in [-0.3, -0.25) is 19.5 Å². The van der Waals surface area contributed by atoms with Crippen molar-refractivity contribution in [2.45, 2.75) is 90.5 Å². The number of nitrogens with one attached hydrogen (secondary N) is 3. The van der Waals surface area contributed by atoms with Gasteiger partial charge >= 0.3 is 36.0 Å². The maximum absolute atomic E-state index is 13.6. The zero-order valence-corrected chi connectivity index (χ0v) is 32.6. The first-order chi connectivity index (χ1) is 25.8. The van der Waals surface area contributed by atoms with Gasteiger partial charge in [-0.15, -0.1) is 0 Å². The number of amides is 6. The van der Waals surface area contributed by atoms with Crippen LogP contribution in [0.5, 0.6) is 0 Å². The van der Waals surface area contributed by atoms with Gasteiger partial charge < -0.3 is 39.5 Å². The molecule has 1 aromatic heterocycles. The second-order valence-corrected chi connectivity index (χ2v) is 15.8. The van der Waals surface area contributed by atoms with Gasteiger partial charge in [0.25, 0.3) is 0 Å². The van der Waals surface area contributed by atoms with Crippen molar-refractivity contribution in [1.82, 2.24) is 34.9 Å². The number of alkyl halides is 3. The van der Waals surface area contributed by atoms with Crippen molar-refractivity contribution in [1.29, 1.82) is 0 Å². The van der Waals surface area contributed by atoms with Crippen LogP contribution in [0.3, 0.4) is 0 Å². The molecule has 308 valence electrons. The van der Waals surface area contributed by atoms with E-state index in [4.69, 9.17) is 14.2 Å². The molecule has 4 rings (SSSR count). The predicted octanol–water partition coefficient (Wildman–Crippen LogP) is 3.57. The summed E-state index contributed by atoms with van der Waals surface area (Å²) in [5.41, 5.74) is -2.95. The Balaban J connectivity index is 1.35. The van der Waals surface area contributed by atoms with E-state index in [1.807, 2.05) is 0 Å². The van der Waals surface area contributed by atoms with Crippen LogP contribution in [0.15, 0.2) is 41.3 Å². The van der Waals surface area contributed by atoms with E-state index >= 15 is 0 Å². The second-order valence-electron chi connectivity index (χ2n) is 15.8. The number of anilines is 1. The van der Waals surface area contributed by atoms with Crippen molar-refractivity contribution in [2.75, 3.05) is 51.2 Å². The van der Waals surface area contributed by atoms with E-state index in [2.05, 4.69) is 20.9 Å². The number of morpholine rings is 1. The number of halogens is 3. The Kier molecular flexibility index (Phi) is 13.0. The molecule has 2 atom stereocenters. The Morgan fingerprint density at radius 1 is 0.821 bits per heavy atom. The minimum atomic E-state index is -5.17. The van der Waals surface area contributed by atoms with Crippen molar-refractivity contribution in [3.05, 3.63) is 52.6 Å². The van der Waals surface area contributed by atoms with Crippen molar-refractivity contribution >= 4 is 35.8 Å². The van der Waals surface area contributed by atoms with Crippen molar-refractivity contribution in [3.63, 3.8) is 0 Å². The Morgan fingerprint density at radius 2 is 1.39 bits per heavy atom. The number of rotatable bonds is 7. The Morgan fingerprint density at radius 3 is 1.95 bits per heavy atom. The largest absolute Gasteiger partial charge is 0.471 e. The van der Waals surface area contributed by atoms with Gasteiger partial charge in [-0.2, -0.15) is 18.2 Å². The molecule has 2 unspecified atom stereocenters. The van der Waals surface area contributed by atoms with E-state index in [-0.39, 0.29) is 51.1 Å². The summed E-state index contributed by atoms with van der Waals surface area (Å²) in [5.74, 6) is -2.45. The normalized spacial score (nSPS) is 18.2. The van der Waals surface area contributed by atoms with Gasteiger partial charge in [-0.1, -0.05) is 12.1 Å². The van der Waals surface area contributed by atoms with Gasteiger partial charge in [0.2, 0.25) is 5.91 Å². The van der Waals surface area contributed by atoms with Gasteiger partial charge in [0.1, 0.15) is 22.6 Å². The van der Waals surface area contributed by atoms with Gasteiger partial charge in [-0.05, 0) is 79.2 Å². The van der Waals surface area contributed by atoms with Crippen LogP contribution in [0.2, 0.25) is 0 Å². The standard InChI is InChI=1S/C36H49F3N8O9/c1-33(2,3)55-31(52)40-19-24-20-47(28(49)36(37,38)39)25(21-54-24)22-9-11-23(12-10-22)46-14-13-26(42-30(46)51)41-29(50)45-17-15-44(16-18-45)27(48)35(7,8)43-32(53)56-34(4,5)6/h9-14,24-25H,15-21H2,1-8H3,(H,40,52)(H,43,53)(H,41,42,50,51). The first-order valence-electron chi connectivity index (χ1n) is 17.9. The highest BCUT2D eigenvalue weighted by Crippen LogP contribution is 2.31. The molecular formula is C36H49F3N8O9. The Bertz CT molecular complexity index is 1830. The molecule has 1 aromatic carbocycles. The zero-order chi connectivity index (χ0) is 41.8. The lowest BCUT2D eigenvalue weighted by Gasteiger charge is -2.40. The van der Waals surface area contributed by atoms with Crippen LogP contribution in [0.25, 0.3) is 5.69 Å². The first kappa shape index (κ1) is 43.3. The highest BCUT2D eigenvalue weighted by atomic mass is 19.4. The molecule has 2 saturated heterocycles. The van der Waals surface area contributed by atoms with Gasteiger partial charge in [-0.25, -0.2) is 19.2 Å². The minimum Gasteiger partial charge on any atom is -0.444 e. The average Bonchev–Trinajstić information content (AvgIpc) is 3.08. The van der Waals surface area contributed by atoms with E-state index in [0.717, 1.165) is 4.57 Å².